The summed E-state index contributed by atoms with van der Waals surface area (Å²) in [5.41, 5.74) is 0.688. The van der Waals surface area contributed by atoms with E-state index < -0.39 is 10.2 Å². The molecule has 0 aliphatic carbocycles. The smallest absolute Gasteiger partial charge is 0.312 e. The maximum absolute atomic E-state index is 11.3. The first-order valence-corrected chi connectivity index (χ1v) is 6.17. The molecule has 7 nitrogen and oxygen atoms in total. The molecule has 4 N–H and O–H groups in total. The molecule has 8 heteroatoms. The molecule has 2 aromatic rings. The van der Waals surface area contributed by atoms with Crippen LogP contribution in [0.3, 0.4) is 0 Å². The number of nitrogens with two attached hydrogens (primary N) is 1. The molecule has 2 rings (SSSR count). The summed E-state index contributed by atoms with van der Waals surface area (Å²) in [5, 5.41) is 4.83. The average Bonchev–Trinajstić information content (AvgIpc) is 2.63. The molecule has 0 bridgehead atoms. The molecule has 0 amide bonds. The number of benzene rings is 1. The zero-order chi connectivity index (χ0) is 12.5. The number of hydrogen-bond donors (Lipinski definition) is 3. The lowest BCUT2D eigenvalue weighted by molar-refractivity contribution is 0.603. The zero-order valence-electron chi connectivity index (χ0n) is 8.62. The van der Waals surface area contributed by atoms with E-state index in [1.807, 2.05) is 0 Å². The zero-order valence-corrected chi connectivity index (χ0v) is 9.44. The van der Waals surface area contributed by atoms with Crippen LogP contribution in [0.4, 0.5) is 5.69 Å². The average molecular weight is 254 g/mol. The van der Waals surface area contributed by atoms with Crippen LogP contribution in [0.15, 0.2) is 41.5 Å². The van der Waals surface area contributed by atoms with Crippen LogP contribution >= 0.6 is 0 Å². The molecule has 0 aliphatic heterocycles. The van der Waals surface area contributed by atoms with E-state index in [0.717, 1.165) is 0 Å². The molecular formula is C9H10N4O3S. The van der Waals surface area contributed by atoms with Crippen molar-refractivity contribution in [3.8, 4) is 5.69 Å². The Kier molecular flexibility index (Phi) is 2.74. The number of aromatic amines is 1. The van der Waals surface area contributed by atoms with Gasteiger partial charge < -0.3 is 4.98 Å². The minimum Gasteiger partial charge on any atom is -0.312 e. The summed E-state index contributed by atoms with van der Waals surface area (Å²) in [6.45, 7) is 0. The third-order valence-electron chi connectivity index (χ3n) is 2.05. The highest BCUT2D eigenvalue weighted by molar-refractivity contribution is 7.90. The Morgan fingerprint density at radius 3 is 2.35 bits per heavy atom. The second kappa shape index (κ2) is 4.07. The Morgan fingerprint density at radius 1 is 1.24 bits per heavy atom. The van der Waals surface area contributed by atoms with E-state index in [-0.39, 0.29) is 5.69 Å². The van der Waals surface area contributed by atoms with E-state index in [9.17, 15) is 13.2 Å². The van der Waals surface area contributed by atoms with Gasteiger partial charge in [0, 0.05) is 18.1 Å². The second-order valence-corrected chi connectivity index (χ2v) is 4.62. The maximum atomic E-state index is 11.3. The lowest BCUT2D eigenvalue weighted by Crippen LogP contribution is -2.21. The summed E-state index contributed by atoms with van der Waals surface area (Å²) >= 11 is 0. The van der Waals surface area contributed by atoms with Gasteiger partial charge in [-0.15, -0.1) is 0 Å². The fourth-order valence-electron chi connectivity index (χ4n) is 1.38. The lowest BCUT2D eigenvalue weighted by atomic mass is 10.3. The standard InChI is InChI=1S/C9H10N4O3S/c10-17(15,16)12-7-1-3-8(4-2-7)13-6-5-11-9(13)14/h1-6,12H,(H,11,14)(H2,10,15,16). The summed E-state index contributed by atoms with van der Waals surface area (Å²) < 4.78 is 25.1. The van der Waals surface area contributed by atoms with Crippen LogP contribution in [0.25, 0.3) is 5.69 Å². The fraction of sp³-hybridized carbons (Fsp3) is 0. The van der Waals surface area contributed by atoms with E-state index >= 15 is 0 Å². The molecule has 0 unspecified atom stereocenters. The Bertz CT molecular complexity index is 669. The molecule has 0 spiro atoms. The molecule has 0 radical (unpaired) electrons. The van der Waals surface area contributed by atoms with Gasteiger partial charge in [-0.3, -0.25) is 9.29 Å². The van der Waals surface area contributed by atoms with E-state index in [1.165, 1.54) is 22.9 Å². The Morgan fingerprint density at radius 2 is 1.88 bits per heavy atom. The van der Waals surface area contributed by atoms with E-state index in [4.69, 9.17) is 5.14 Å². The van der Waals surface area contributed by atoms with Gasteiger partial charge in [-0.05, 0) is 24.3 Å². The highest BCUT2D eigenvalue weighted by Gasteiger charge is 2.03. The van der Waals surface area contributed by atoms with Crippen molar-refractivity contribution >= 4 is 15.9 Å². The van der Waals surface area contributed by atoms with Crippen LogP contribution in [-0.4, -0.2) is 18.0 Å². The summed E-state index contributed by atoms with van der Waals surface area (Å²) in [6, 6.07) is 6.23. The molecule has 0 aliphatic rings. The van der Waals surface area contributed by atoms with Gasteiger partial charge in [0.05, 0.1) is 5.69 Å². The van der Waals surface area contributed by atoms with Crippen LogP contribution in [0.2, 0.25) is 0 Å². The third-order valence-corrected chi connectivity index (χ3v) is 2.58. The normalized spacial score (nSPS) is 11.4. The molecule has 0 saturated heterocycles. The van der Waals surface area contributed by atoms with Gasteiger partial charge in [0.25, 0.3) is 10.2 Å². The number of anilines is 1. The third kappa shape index (κ3) is 2.74. The highest BCUT2D eigenvalue weighted by Crippen LogP contribution is 2.12. The Balaban J connectivity index is 2.31. The molecule has 17 heavy (non-hydrogen) atoms. The number of imidazole rings is 1. The van der Waals surface area contributed by atoms with E-state index in [2.05, 4.69) is 9.71 Å². The van der Waals surface area contributed by atoms with Crippen molar-refractivity contribution in [1.29, 1.82) is 0 Å². The molecule has 0 fully saturated rings. The number of aromatic nitrogens is 2. The summed E-state index contributed by atoms with van der Waals surface area (Å²) in [6.07, 6.45) is 3.09. The number of hydrogen-bond acceptors (Lipinski definition) is 3. The SMILES string of the molecule is NS(=O)(=O)Nc1ccc(-n2cc[nH]c2=O)cc1. The molecule has 90 valence electrons. The van der Waals surface area contributed by atoms with Gasteiger partial charge in [0.2, 0.25) is 0 Å². The first-order chi connectivity index (χ1) is 7.96. The van der Waals surface area contributed by atoms with Crippen LogP contribution in [0.5, 0.6) is 0 Å². The molecule has 1 aromatic carbocycles. The topological polar surface area (TPSA) is 110 Å². The quantitative estimate of drug-likeness (QED) is 0.704. The van der Waals surface area contributed by atoms with Crippen LogP contribution in [-0.2, 0) is 10.2 Å². The first kappa shape index (κ1) is 11.4. The predicted molar refractivity (Wildman–Crippen MR) is 63.1 cm³/mol. The van der Waals surface area contributed by atoms with Gasteiger partial charge in [-0.25, -0.2) is 9.93 Å². The number of H-pyrrole nitrogens is 1. The lowest BCUT2D eigenvalue weighted by Gasteiger charge is -2.05. The highest BCUT2D eigenvalue weighted by atomic mass is 32.2. The number of nitrogens with one attached hydrogen (secondary N) is 2. The van der Waals surface area contributed by atoms with Crippen molar-refractivity contribution in [1.82, 2.24) is 9.55 Å². The second-order valence-electron chi connectivity index (χ2n) is 3.33. The number of rotatable bonds is 3. The predicted octanol–water partition coefficient (Wildman–Crippen LogP) is -0.219. The van der Waals surface area contributed by atoms with E-state index in [0.29, 0.717) is 11.4 Å². The summed E-state index contributed by atoms with van der Waals surface area (Å²) in [5.74, 6) is 0. The van der Waals surface area contributed by atoms with Crippen molar-refractivity contribution in [3.63, 3.8) is 0 Å². The first-order valence-electron chi connectivity index (χ1n) is 4.63. The van der Waals surface area contributed by atoms with Crippen LogP contribution < -0.4 is 15.6 Å². The minimum atomic E-state index is -3.78. The Labute approximate surface area is 97.1 Å². The van der Waals surface area contributed by atoms with Crippen molar-refractivity contribution in [3.05, 3.63) is 47.1 Å². The molecular weight excluding hydrogens is 244 g/mol. The number of nitrogens with zero attached hydrogens (tertiary/aromatic N) is 1. The minimum absolute atomic E-state index is 0.267. The van der Waals surface area contributed by atoms with Crippen molar-refractivity contribution in [2.24, 2.45) is 5.14 Å². The van der Waals surface area contributed by atoms with Gasteiger partial charge in [0.15, 0.2) is 0 Å². The van der Waals surface area contributed by atoms with Gasteiger partial charge in [-0.2, -0.15) is 8.42 Å². The van der Waals surface area contributed by atoms with Gasteiger partial charge >= 0.3 is 5.69 Å². The van der Waals surface area contributed by atoms with Crippen LogP contribution in [0.1, 0.15) is 0 Å². The maximum Gasteiger partial charge on any atom is 0.330 e. The largest absolute Gasteiger partial charge is 0.330 e. The molecule has 1 aromatic heterocycles. The van der Waals surface area contributed by atoms with Crippen molar-refractivity contribution in [2.45, 2.75) is 0 Å². The molecule has 0 saturated carbocycles. The van der Waals surface area contributed by atoms with E-state index in [1.54, 1.807) is 18.3 Å². The van der Waals surface area contributed by atoms with Gasteiger partial charge in [-0.1, -0.05) is 0 Å². The van der Waals surface area contributed by atoms with Gasteiger partial charge in [0.1, 0.15) is 0 Å². The molecule has 1 heterocycles. The fourth-order valence-corrected chi connectivity index (χ4v) is 1.84. The summed E-state index contributed by atoms with van der Waals surface area (Å²) in [4.78, 5) is 13.8. The van der Waals surface area contributed by atoms with Crippen molar-refractivity contribution < 1.29 is 8.42 Å². The van der Waals surface area contributed by atoms with Crippen molar-refractivity contribution in [2.75, 3.05) is 4.72 Å². The monoisotopic (exact) mass is 254 g/mol. The van der Waals surface area contributed by atoms with Crippen LogP contribution in [0, 0.1) is 0 Å². The molecule has 0 atom stereocenters. The summed E-state index contributed by atoms with van der Waals surface area (Å²) in [7, 11) is -3.78. The Hall–Kier alpha value is -2.06.